The van der Waals surface area contributed by atoms with Gasteiger partial charge < -0.3 is 10.2 Å². The highest BCUT2D eigenvalue weighted by molar-refractivity contribution is 6.42. The van der Waals surface area contributed by atoms with E-state index in [-0.39, 0.29) is 24.8 Å². The largest absolute Gasteiger partial charge is 0.338 e. The summed E-state index contributed by atoms with van der Waals surface area (Å²) >= 11 is 17.9. The molecule has 0 heterocycles. The summed E-state index contributed by atoms with van der Waals surface area (Å²) in [7, 11) is 0. The van der Waals surface area contributed by atoms with Crippen LogP contribution in [-0.2, 0) is 16.1 Å². The number of hydrogen-bond acceptors (Lipinski definition) is 2. The Balaban J connectivity index is 1.94. The minimum atomic E-state index is -0.219. The van der Waals surface area contributed by atoms with Crippen LogP contribution in [0.2, 0.25) is 15.1 Å². The van der Waals surface area contributed by atoms with Crippen LogP contribution in [0, 0.1) is 0 Å². The summed E-state index contributed by atoms with van der Waals surface area (Å²) in [4.78, 5) is 25.5. The van der Waals surface area contributed by atoms with Crippen LogP contribution < -0.4 is 5.32 Å². The Kier molecular flexibility index (Phi) is 7.12. The maximum atomic E-state index is 12.1. The van der Waals surface area contributed by atoms with Gasteiger partial charge in [-0.1, -0.05) is 53.0 Å². The second kappa shape index (κ2) is 9.09. The van der Waals surface area contributed by atoms with Crippen LogP contribution in [0.25, 0.3) is 0 Å². The van der Waals surface area contributed by atoms with Crippen LogP contribution in [0.1, 0.15) is 18.9 Å². The van der Waals surface area contributed by atoms with Crippen molar-refractivity contribution >= 4 is 52.3 Å². The molecule has 0 aliphatic heterocycles. The number of benzene rings is 2. The number of hydrogen-bond donors (Lipinski definition) is 1. The minimum absolute atomic E-state index is 0.123. The highest BCUT2D eigenvalue weighted by Crippen LogP contribution is 2.25. The molecule has 0 spiro atoms. The van der Waals surface area contributed by atoms with E-state index in [1.54, 1.807) is 29.2 Å². The normalized spacial score (nSPS) is 10.4. The average Bonchev–Trinajstić information content (AvgIpc) is 2.56. The van der Waals surface area contributed by atoms with Crippen LogP contribution >= 0.6 is 34.8 Å². The van der Waals surface area contributed by atoms with Crippen molar-refractivity contribution in [2.24, 2.45) is 0 Å². The average molecular weight is 400 g/mol. The molecule has 7 heteroatoms. The van der Waals surface area contributed by atoms with Crippen LogP contribution in [0.15, 0.2) is 42.5 Å². The lowest BCUT2D eigenvalue weighted by Crippen LogP contribution is -2.31. The fraction of sp³-hybridized carbons (Fsp3) is 0.222. The van der Waals surface area contributed by atoms with E-state index < -0.39 is 0 Å². The Bertz CT molecular complexity index is 781. The maximum absolute atomic E-state index is 12.1. The summed E-state index contributed by atoms with van der Waals surface area (Å²) in [5, 5.41) is 4.11. The number of nitrogens with zero attached hydrogens (tertiary/aromatic N) is 1. The van der Waals surface area contributed by atoms with E-state index in [1.165, 1.54) is 6.92 Å². The van der Waals surface area contributed by atoms with Crippen LogP contribution in [0.4, 0.5) is 5.69 Å². The zero-order chi connectivity index (χ0) is 18.4. The lowest BCUT2D eigenvalue weighted by molar-refractivity contribution is -0.129. The first-order valence-corrected chi connectivity index (χ1v) is 8.74. The fourth-order valence-electron chi connectivity index (χ4n) is 2.21. The summed E-state index contributed by atoms with van der Waals surface area (Å²) in [6, 6.07) is 12.2. The molecule has 0 radical (unpaired) electrons. The monoisotopic (exact) mass is 398 g/mol. The van der Waals surface area contributed by atoms with E-state index in [1.807, 2.05) is 18.2 Å². The second-order valence-electron chi connectivity index (χ2n) is 5.46. The van der Waals surface area contributed by atoms with E-state index in [0.717, 1.165) is 5.56 Å². The molecule has 25 heavy (non-hydrogen) atoms. The van der Waals surface area contributed by atoms with Crippen molar-refractivity contribution in [2.75, 3.05) is 11.9 Å². The first-order chi connectivity index (χ1) is 11.9. The smallest absolute Gasteiger partial charge is 0.226 e. The Morgan fingerprint density at radius 2 is 1.72 bits per heavy atom. The zero-order valence-electron chi connectivity index (χ0n) is 13.6. The summed E-state index contributed by atoms with van der Waals surface area (Å²) < 4.78 is 0. The first-order valence-electron chi connectivity index (χ1n) is 7.60. The number of anilines is 1. The molecule has 0 aliphatic rings. The van der Waals surface area contributed by atoms with E-state index in [0.29, 0.717) is 27.3 Å². The molecule has 2 rings (SSSR count). The van der Waals surface area contributed by atoms with Gasteiger partial charge in [0.15, 0.2) is 0 Å². The molecule has 0 saturated heterocycles. The van der Waals surface area contributed by atoms with Crippen LogP contribution in [0.5, 0.6) is 0 Å². The molecule has 2 amide bonds. The van der Waals surface area contributed by atoms with Crippen molar-refractivity contribution < 1.29 is 9.59 Å². The summed E-state index contributed by atoms with van der Waals surface area (Å²) in [5.74, 6) is -0.342. The number of carbonyl (C=O) groups is 2. The molecule has 0 atom stereocenters. The van der Waals surface area contributed by atoms with Gasteiger partial charge in [0, 0.05) is 37.1 Å². The molecule has 4 nitrogen and oxygen atoms in total. The SMILES string of the molecule is CC(=O)N(CCC(=O)Nc1ccc(Cl)c(Cl)c1)Cc1ccccc1Cl. The topological polar surface area (TPSA) is 49.4 Å². The molecule has 132 valence electrons. The molecule has 2 aromatic rings. The molecule has 0 fully saturated rings. The maximum Gasteiger partial charge on any atom is 0.226 e. The van der Waals surface area contributed by atoms with Gasteiger partial charge in [0.1, 0.15) is 0 Å². The van der Waals surface area contributed by atoms with E-state index in [4.69, 9.17) is 34.8 Å². The number of nitrogens with one attached hydrogen (secondary N) is 1. The molecule has 2 aromatic carbocycles. The fourth-order valence-corrected chi connectivity index (χ4v) is 2.71. The Hall–Kier alpha value is -1.75. The molecule has 1 N–H and O–H groups in total. The van der Waals surface area contributed by atoms with Gasteiger partial charge in [-0.3, -0.25) is 9.59 Å². The van der Waals surface area contributed by atoms with Crippen molar-refractivity contribution in [3.8, 4) is 0 Å². The van der Waals surface area contributed by atoms with Crippen molar-refractivity contribution in [2.45, 2.75) is 19.9 Å². The van der Waals surface area contributed by atoms with Gasteiger partial charge in [-0.25, -0.2) is 0 Å². The molecule has 0 aromatic heterocycles. The van der Waals surface area contributed by atoms with E-state index >= 15 is 0 Å². The Labute approximate surface area is 161 Å². The predicted octanol–water partition coefficient (Wildman–Crippen LogP) is 5.02. The lowest BCUT2D eigenvalue weighted by Gasteiger charge is -2.21. The number of amides is 2. The third kappa shape index (κ3) is 5.92. The lowest BCUT2D eigenvalue weighted by atomic mass is 10.2. The zero-order valence-corrected chi connectivity index (χ0v) is 15.8. The number of carbonyl (C=O) groups excluding carboxylic acids is 2. The van der Waals surface area contributed by atoms with E-state index in [2.05, 4.69) is 5.32 Å². The third-order valence-electron chi connectivity index (χ3n) is 3.58. The van der Waals surface area contributed by atoms with Gasteiger partial charge in [-0.15, -0.1) is 0 Å². The van der Waals surface area contributed by atoms with Crippen molar-refractivity contribution in [1.82, 2.24) is 4.90 Å². The van der Waals surface area contributed by atoms with E-state index in [9.17, 15) is 9.59 Å². The molecule has 0 unspecified atom stereocenters. The van der Waals surface area contributed by atoms with Crippen LogP contribution in [0.3, 0.4) is 0 Å². The standard InChI is InChI=1S/C18H17Cl3N2O2/c1-12(24)23(11-13-4-2-3-5-15(13)19)9-8-18(25)22-14-6-7-16(20)17(21)10-14/h2-7,10H,8-9,11H2,1H3,(H,22,25). The molecule has 0 aliphatic carbocycles. The van der Waals surface area contributed by atoms with Crippen molar-refractivity contribution in [3.63, 3.8) is 0 Å². The summed E-state index contributed by atoms with van der Waals surface area (Å²) in [6.07, 6.45) is 0.157. The predicted molar refractivity (Wildman–Crippen MR) is 102 cm³/mol. The summed E-state index contributed by atoms with van der Waals surface area (Å²) in [6.45, 7) is 2.11. The molecule has 0 bridgehead atoms. The van der Waals surface area contributed by atoms with Gasteiger partial charge >= 0.3 is 0 Å². The van der Waals surface area contributed by atoms with Crippen molar-refractivity contribution in [3.05, 3.63) is 63.1 Å². The highest BCUT2D eigenvalue weighted by atomic mass is 35.5. The van der Waals surface area contributed by atoms with Crippen LogP contribution in [-0.4, -0.2) is 23.3 Å². The molecular weight excluding hydrogens is 383 g/mol. The Morgan fingerprint density at radius 1 is 1.00 bits per heavy atom. The molecular formula is C18H17Cl3N2O2. The van der Waals surface area contributed by atoms with Gasteiger partial charge in [0.05, 0.1) is 10.0 Å². The highest BCUT2D eigenvalue weighted by Gasteiger charge is 2.13. The van der Waals surface area contributed by atoms with Crippen molar-refractivity contribution in [1.29, 1.82) is 0 Å². The number of halogens is 3. The summed E-state index contributed by atoms with van der Waals surface area (Å²) in [5.41, 5.74) is 1.39. The first kappa shape index (κ1) is 19.6. The van der Waals surface area contributed by atoms with Gasteiger partial charge in [-0.2, -0.15) is 0 Å². The Morgan fingerprint density at radius 3 is 2.36 bits per heavy atom. The van der Waals surface area contributed by atoms with Gasteiger partial charge in [-0.05, 0) is 29.8 Å². The van der Waals surface area contributed by atoms with Gasteiger partial charge in [0.25, 0.3) is 0 Å². The quantitative estimate of drug-likeness (QED) is 0.741. The second-order valence-corrected chi connectivity index (χ2v) is 6.68. The minimum Gasteiger partial charge on any atom is -0.338 e. The third-order valence-corrected chi connectivity index (χ3v) is 4.68. The number of rotatable bonds is 6. The van der Waals surface area contributed by atoms with Gasteiger partial charge in [0.2, 0.25) is 11.8 Å². The molecule has 0 saturated carbocycles.